The number of halogens is 2. The molecule has 1 saturated heterocycles. The van der Waals surface area contributed by atoms with Crippen molar-refractivity contribution >= 4 is 34.8 Å². The maximum atomic E-state index is 12.9. The second-order valence-electron chi connectivity index (χ2n) is 7.26. The van der Waals surface area contributed by atoms with Crippen LogP contribution in [0.15, 0.2) is 36.4 Å². The van der Waals surface area contributed by atoms with Gasteiger partial charge in [0, 0.05) is 28.8 Å². The monoisotopic (exact) mass is 404 g/mol. The molecule has 0 bridgehead atoms. The molecule has 1 N–H and O–H groups in total. The van der Waals surface area contributed by atoms with E-state index in [-0.39, 0.29) is 11.8 Å². The van der Waals surface area contributed by atoms with Gasteiger partial charge in [0.05, 0.1) is 5.92 Å². The van der Waals surface area contributed by atoms with E-state index < -0.39 is 0 Å². The number of carbonyl (C=O) groups is 1. The highest BCUT2D eigenvalue weighted by molar-refractivity contribution is 6.35. The zero-order valence-corrected chi connectivity index (χ0v) is 17.4. The number of anilines is 1. The van der Waals surface area contributed by atoms with Gasteiger partial charge in [0.1, 0.15) is 0 Å². The average molecular weight is 405 g/mol. The fourth-order valence-electron chi connectivity index (χ4n) is 3.73. The van der Waals surface area contributed by atoms with Crippen LogP contribution in [0.5, 0.6) is 0 Å². The summed E-state index contributed by atoms with van der Waals surface area (Å²) in [5, 5.41) is 4.52. The summed E-state index contributed by atoms with van der Waals surface area (Å²) in [7, 11) is 0. The Kier molecular flexibility index (Phi) is 6.80. The van der Waals surface area contributed by atoms with E-state index in [1.807, 2.05) is 31.2 Å². The molecule has 5 heteroatoms. The second-order valence-corrected chi connectivity index (χ2v) is 8.11. The number of nitrogens with one attached hydrogen (secondary N) is 1. The smallest absolute Gasteiger partial charge is 0.228 e. The number of piperidine rings is 1. The van der Waals surface area contributed by atoms with Gasteiger partial charge in [-0.1, -0.05) is 54.4 Å². The molecule has 0 aromatic heterocycles. The summed E-state index contributed by atoms with van der Waals surface area (Å²) in [5.41, 5.74) is 4.32. The number of aryl methyl sites for hydroxylation is 2. The number of rotatable bonds is 5. The van der Waals surface area contributed by atoms with E-state index in [9.17, 15) is 4.79 Å². The van der Waals surface area contributed by atoms with Crippen molar-refractivity contribution in [2.24, 2.45) is 5.92 Å². The summed E-state index contributed by atoms with van der Waals surface area (Å²) in [5.74, 6) is 0.111. The van der Waals surface area contributed by atoms with Crippen molar-refractivity contribution in [3.63, 3.8) is 0 Å². The Labute approximate surface area is 171 Å². The fourth-order valence-corrected chi connectivity index (χ4v) is 4.20. The van der Waals surface area contributed by atoms with Crippen molar-refractivity contribution < 1.29 is 4.79 Å². The lowest BCUT2D eigenvalue weighted by molar-refractivity contribution is -0.121. The molecule has 3 rings (SSSR count). The van der Waals surface area contributed by atoms with Crippen LogP contribution in [0.4, 0.5) is 5.69 Å². The number of likely N-dealkylation sites (tertiary alicyclic amines) is 1. The van der Waals surface area contributed by atoms with Crippen LogP contribution < -0.4 is 5.32 Å². The summed E-state index contributed by atoms with van der Waals surface area (Å²) < 4.78 is 0. The van der Waals surface area contributed by atoms with E-state index in [0.29, 0.717) is 10.0 Å². The number of para-hydroxylation sites is 1. The molecule has 2 aromatic rings. The van der Waals surface area contributed by atoms with Crippen molar-refractivity contribution in [1.29, 1.82) is 0 Å². The molecular weight excluding hydrogens is 379 g/mol. The SMILES string of the molecule is CCc1cccc(C)c1NC(=O)C1CCCN(Cc2ccc(Cl)cc2Cl)C1. The van der Waals surface area contributed by atoms with Crippen molar-refractivity contribution in [3.8, 4) is 0 Å². The van der Waals surface area contributed by atoms with Crippen LogP contribution >= 0.6 is 23.2 Å². The maximum absolute atomic E-state index is 12.9. The van der Waals surface area contributed by atoms with Gasteiger partial charge in [0.25, 0.3) is 0 Å². The van der Waals surface area contributed by atoms with Gasteiger partial charge in [-0.05, 0) is 61.6 Å². The van der Waals surface area contributed by atoms with Gasteiger partial charge in [0.2, 0.25) is 5.91 Å². The van der Waals surface area contributed by atoms with Gasteiger partial charge < -0.3 is 5.32 Å². The third-order valence-corrected chi connectivity index (χ3v) is 5.86. The number of amides is 1. The van der Waals surface area contributed by atoms with Crippen molar-refractivity contribution in [2.45, 2.75) is 39.7 Å². The number of benzene rings is 2. The first-order chi connectivity index (χ1) is 13.0. The molecule has 1 atom stereocenters. The molecular formula is C22H26Cl2N2O. The number of carbonyl (C=O) groups excluding carboxylic acids is 1. The molecule has 1 unspecified atom stereocenters. The van der Waals surface area contributed by atoms with Gasteiger partial charge >= 0.3 is 0 Å². The lowest BCUT2D eigenvalue weighted by atomic mass is 9.96. The molecule has 0 spiro atoms. The Morgan fingerprint density at radius 2 is 2.04 bits per heavy atom. The number of hydrogen-bond acceptors (Lipinski definition) is 2. The van der Waals surface area contributed by atoms with Crippen LogP contribution in [0.25, 0.3) is 0 Å². The highest BCUT2D eigenvalue weighted by atomic mass is 35.5. The van der Waals surface area contributed by atoms with E-state index in [1.54, 1.807) is 6.07 Å². The van der Waals surface area contributed by atoms with Crippen LogP contribution in [0.2, 0.25) is 10.0 Å². The lowest BCUT2D eigenvalue weighted by Crippen LogP contribution is -2.40. The zero-order valence-electron chi connectivity index (χ0n) is 15.9. The molecule has 1 amide bonds. The number of nitrogens with zero attached hydrogens (tertiary/aromatic N) is 1. The zero-order chi connectivity index (χ0) is 19.4. The Hall–Kier alpha value is -1.55. The predicted molar refractivity (Wildman–Crippen MR) is 114 cm³/mol. The molecule has 144 valence electrons. The Bertz CT molecular complexity index is 822. The largest absolute Gasteiger partial charge is 0.325 e. The first-order valence-electron chi connectivity index (χ1n) is 9.53. The summed E-state index contributed by atoms with van der Waals surface area (Å²) in [6.07, 6.45) is 2.84. The molecule has 1 aliphatic heterocycles. The highest BCUT2D eigenvalue weighted by Crippen LogP contribution is 2.27. The molecule has 27 heavy (non-hydrogen) atoms. The molecule has 1 aliphatic rings. The maximum Gasteiger partial charge on any atom is 0.228 e. The molecule has 0 saturated carbocycles. The third-order valence-electron chi connectivity index (χ3n) is 5.27. The van der Waals surface area contributed by atoms with Crippen molar-refractivity contribution in [2.75, 3.05) is 18.4 Å². The topological polar surface area (TPSA) is 32.3 Å². The van der Waals surface area contributed by atoms with E-state index >= 15 is 0 Å². The molecule has 2 aromatic carbocycles. The minimum Gasteiger partial charge on any atom is -0.325 e. The van der Waals surface area contributed by atoms with Gasteiger partial charge in [-0.25, -0.2) is 0 Å². The Balaban J connectivity index is 1.66. The molecule has 1 fully saturated rings. The summed E-state index contributed by atoms with van der Waals surface area (Å²) in [4.78, 5) is 15.2. The summed E-state index contributed by atoms with van der Waals surface area (Å²) in [6, 6.07) is 11.8. The van der Waals surface area contributed by atoms with E-state index in [2.05, 4.69) is 23.2 Å². The average Bonchev–Trinajstić information content (AvgIpc) is 2.66. The predicted octanol–water partition coefficient (Wildman–Crippen LogP) is 5.71. The molecule has 1 heterocycles. The summed E-state index contributed by atoms with van der Waals surface area (Å²) in [6.45, 7) is 6.63. The van der Waals surface area contributed by atoms with Gasteiger partial charge in [-0.3, -0.25) is 9.69 Å². The fraction of sp³-hybridized carbons (Fsp3) is 0.409. The van der Waals surface area contributed by atoms with Gasteiger partial charge in [0.15, 0.2) is 0 Å². The van der Waals surface area contributed by atoms with Crippen molar-refractivity contribution in [1.82, 2.24) is 4.90 Å². The Morgan fingerprint density at radius 1 is 1.22 bits per heavy atom. The quantitative estimate of drug-likeness (QED) is 0.691. The molecule has 0 aliphatic carbocycles. The lowest BCUT2D eigenvalue weighted by Gasteiger charge is -2.32. The normalized spacial score (nSPS) is 17.7. The minimum atomic E-state index is -0.00543. The van der Waals surface area contributed by atoms with Crippen LogP contribution in [-0.2, 0) is 17.8 Å². The second kappa shape index (κ2) is 9.09. The first-order valence-corrected chi connectivity index (χ1v) is 10.3. The standard InChI is InChI=1S/C22H26Cl2N2O/c1-3-16-7-4-6-15(2)21(16)25-22(27)18-8-5-11-26(14-18)13-17-9-10-19(23)12-20(17)24/h4,6-7,9-10,12,18H,3,5,8,11,13-14H2,1-2H3,(H,25,27). The van der Waals surface area contributed by atoms with Gasteiger partial charge in [-0.2, -0.15) is 0 Å². The van der Waals surface area contributed by atoms with Crippen LogP contribution in [0.3, 0.4) is 0 Å². The van der Waals surface area contributed by atoms with Crippen LogP contribution in [0, 0.1) is 12.8 Å². The Morgan fingerprint density at radius 3 is 2.78 bits per heavy atom. The third kappa shape index (κ3) is 5.04. The summed E-state index contributed by atoms with van der Waals surface area (Å²) >= 11 is 12.3. The van der Waals surface area contributed by atoms with Crippen LogP contribution in [-0.4, -0.2) is 23.9 Å². The minimum absolute atomic E-state index is 0.00543. The van der Waals surface area contributed by atoms with E-state index in [1.165, 1.54) is 5.56 Å². The van der Waals surface area contributed by atoms with E-state index in [4.69, 9.17) is 23.2 Å². The number of hydrogen-bond donors (Lipinski definition) is 1. The van der Waals surface area contributed by atoms with Crippen molar-refractivity contribution in [3.05, 3.63) is 63.1 Å². The van der Waals surface area contributed by atoms with Crippen LogP contribution in [0.1, 0.15) is 36.5 Å². The molecule has 0 radical (unpaired) electrons. The van der Waals surface area contributed by atoms with Gasteiger partial charge in [-0.15, -0.1) is 0 Å². The first kappa shape index (κ1) is 20.2. The van der Waals surface area contributed by atoms with E-state index in [0.717, 1.165) is 55.7 Å². The molecule has 3 nitrogen and oxygen atoms in total. The highest BCUT2D eigenvalue weighted by Gasteiger charge is 2.26.